The highest BCUT2D eigenvalue weighted by Crippen LogP contribution is 2.66. The molecule has 0 bridgehead atoms. The van der Waals surface area contributed by atoms with E-state index in [2.05, 4.69) is 8.85 Å². The van der Waals surface area contributed by atoms with Crippen molar-refractivity contribution in [1.29, 1.82) is 0 Å². The minimum atomic E-state index is -9.17. The largest absolute Gasteiger partial charge is 0.460 e. The molecule has 0 radical (unpaired) electrons. The van der Waals surface area contributed by atoms with Gasteiger partial charge in [-0.05, 0) is 12.6 Å². The molecule has 0 aliphatic carbocycles. The topological polar surface area (TPSA) is 18.5 Å². The van der Waals surface area contributed by atoms with E-state index >= 15 is 0 Å². The molecular formula is C15H13F21O2Si. The first-order valence-electron chi connectivity index (χ1n) is 9.15. The molecule has 0 aliphatic rings. The summed E-state index contributed by atoms with van der Waals surface area (Å²) in [7, 11) is -2.64. The Balaban J connectivity index is 6.92. The molecule has 0 aromatic heterocycles. The van der Waals surface area contributed by atoms with Crippen LogP contribution in [0.4, 0.5) is 92.2 Å². The lowest BCUT2D eigenvalue weighted by molar-refractivity contribution is -0.474. The zero-order valence-corrected chi connectivity index (χ0v) is 19.7. The Morgan fingerprint density at radius 2 is 0.641 bits per heavy atom. The summed E-state index contributed by atoms with van der Waals surface area (Å²) >= 11 is 0. The third-order valence-corrected chi connectivity index (χ3v) is 8.22. The first-order chi connectivity index (χ1) is 16.6. The van der Waals surface area contributed by atoms with Crippen molar-refractivity contribution in [3.8, 4) is 0 Å². The monoisotopic (exact) mass is 652 g/mol. The van der Waals surface area contributed by atoms with Gasteiger partial charge in [0.1, 0.15) is 0 Å². The van der Waals surface area contributed by atoms with Gasteiger partial charge in [0, 0.05) is 20.6 Å². The third-order valence-electron chi connectivity index (χ3n) is 5.33. The highest BCUT2D eigenvalue weighted by molar-refractivity contribution is 6.65. The van der Waals surface area contributed by atoms with Crippen LogP contribution >= 0.6 is 0 Å². The van der Waals surface area contributed by atoms with Crippen LogP contribution in [-0.4, -0.2) is 82.3 Å². The molecular weight excluding hydrogens is 639 g/mol. The van der Waals surface area contributed by atoms with E-state index in [-0.39, 0.29) is 0 Å². The molecule has 0 aromatic rings. The van der Waals surface area contributed by atoms with Gasteiger partial charge in [0.15, 0.2) is 0 Å². The Morgan fingerprint density at radius 1 is 0.410 bits per heavy atom. The van der Waals surface area contributed by atoms with Crippen LogP contribution in [0.3, 0.4) is 0 Å². The van der Waals surface area contributed by atoms with E-state index in [9.17, 15) is 92.2 Å². The van der Waals surface area contributed by atoms with Crippen molar-refractivity contribution in [2.75, 3.05) is 14.2 Å². The minimum Gasteiger partial charge on any atom is -0.398 e. The van der Waals surface area contributed by atoms with E-state index in [0.717, 1.165) is 6.55 Å². The van der Waals surface area contributed by atoms with E-state index in [4.69, 9.17) is 0 Å². The van der Waals surface area contributed by atoms with Gasteiger partial charge in [0.2, 0.25) is 0 Å². The Labute approximate surface area is 203 Å². The van der Waals surface area contributed by atoms with Crippen LogP contribution in [0.1, 0.15) is 6.42 Å². The van der Waals surface area contributed by atoms with Crippen LogP contribution in [-0.2, 0) is 8.85 Å². The Kier molecular flexibility index (Phi) is 9.55. The summed E-state index contributed by atoms with van der Waals surface area (Å²) in [5.41, 5.74) is 0. The van der Waals surface area contributed by atoms with E-state index < -0.39 is 80.5 Å². The quantitative estimate of drug-likeness (QED) is 0.148. The van der Waals surface area contributed by atoms with Crippen LogP contribution < -0.4 is 0 Å². The fourth-order valence-electron chi connectivity index (χ4n) is 2.42. The zero-order valence-electron chi connectivity index (χ0n) is 18.7. The maximum atomic E-state index is 13.8. The first kappa shape index (κ1) is 37.7. The van der Waals surface area contributed by atoms with Crippen molar-refractivity contribution in [3.63, 3.8) is 0 Å². The molecule has 0 aromatic carbocycles. The standard InChI is InChI=1S/C15H13F21O2Si/c1-37-39(3,38-2)5-4-6(16,17)7(18,19)8(20,21)9(22,23)10(24,25)11(26,27)12(28,29)13(30,31)14(32,33)15(34,35)36/h4-5H2,1-3H3. The molecule has 0 amide bonds. The molecule has 0 saturated carbocycles. The van der Waals surface area contributed by atoms with Crippen molar-refractivity contribution in [2.45, 2.75) is 78.5 Å². The first-order valence-corrected chi connectivity index (χ1v) is 11.7. The van der Waals surface area contributed by atoms with Gasteiger partial charge in [-0.1, -0.05) is 0 Å². The Bertz CT molecular complexity index is 860. The van der Waals surface area contributed by atoms with Gasteiger partial charge < -0.3 is 8.85 Å². The number of hydrogen-bond acceptors (Lipinski definition) is 2. The summed E-state index contributed by atoms with van der Waals surface area (Å²) in [4.78, 5) is 0. The third kappa shape index (κ3) is 5.13. The van der Waals surface area contributed by atoms with Gasteiger partial charge >= 0.3 is 68.0 Å². The fourth-order valence-corrected chi connectivity index (χ4v) is 3.76. The molecule has 0 unspecified atom stereocenters. The highest BCUT2D eigenvalue weighted by Gasteiger charge is 2.97. The SMILES string of the molecule is CO[Si](C)(CCC(F)(F)C(F)(F)C(F)(F)C(F)(F)C(F)(F)C(F)(F)C(F)(F)C(F)(F)C(F)(F)C(F)(F)F)OC. The number of alkyl halides is 21. The lowest BCUT2D eigenvalue weighted by Gasteiger charge is -2.44. The average molecular weight is 652 g/mol. The Morgan fingerprint density at radius 3 is 0.872 bits per heavy atom. The maximum Gasteiger partial charge on any atom is 0.460 e. The van der Waals surface area contributed by atoms with Crippen molar-refractivity contribution in [2.24, 2.45) is 0 Å². The summed E-state index contributed by atoms with van der Waals surface area (Å²) in [6, 6.07) is -1.55. The van der Waals surface area contributed by atoms with Crippen LogP contribution in [0.5, 0.6) is 0 Å². The molecule has 0 heterocycles. The molecule has 0 atom stereocenters. The minimum absolute atomic E-state index is 0.676. The zero-order chi connectivity index (χ0) is 32.3. The smallest absolute Gasteiger partial charge is 0.398 e. The second-order valence-electron chi connectivity index (χ2n) is 7.84. The molecule has 236 valence electrons. The lowest BCUT2D eigenvalue weighted by atomic mass is 9.86. The maximum absolute atomic E-state index is 13.8. The second-order valence-corrected chi connectivity index (χ2v) is 11.4. The van der Waals surface area contributed by atoms with Gasteiger partial charge in [0.05, 0.1) is 0 Å². The summed E-state index contributed by atoms with van der Waals surface area (Å²) in [5.74, 6) is -76.9. The van der Waals surface area contributed by atoms with Gasteiger partial charge in [-0.2, -0.15) is 92.2 Å². The van der Waals surface area contributed by atoms with Crippen LogP contribution in [0, 0.1) is 0 Å². The van der Waals surface area contributed by atoms with Gasteiger partial charge in [-0.25, -0.2) is 0 Å². The molecule has 0 saturated heterocycles. The van der Waals surface area contributed by atoms with Crippen LogP contribution in [0.2, 0.25) is 12.6 Å². The summed E-state index contributed by atoms with van der Waals surface area (Å²) in [6.07, 6.45) is -10.7. The average Bonchev–Trinajstić information content (AvgIpc) is 2.75. The summed E-state index contributed by atoms with van der Waals surface area (Å²) < 4.78 is 288. The van der Waals surface area contributed by atoms with E-state index in [1.165, 1.54) is 0 Å². The van der Waals surface area contributed by atoms with Crippen molar-refractivity contribution < 1.29 is 101 Å². The van der Waals surface area contributed by atoms with Gasteiger partial charge in [-0.3, -0.25) is 0 Å². The normalized spacial score (nSPS) is 16.6. The number of rotatable bonds is 13. The molecule has 24 heteroatoms. The van der Waals surface area contributed by atoms with Gasteiger partial charge in [0.25, 0.3) is 0 Å². The predicted octanol–water partition coefficient (Wildman–Crippen LogP) is 8.02. The van der Waals surface area contributed by atoms with Crippen molar-refractivity contribution in [1.82, 2.24) is 0 Å². The molecule has 0 spiro atoms. The van der Waals surface area contributed by atoms with Crippen molar-refractivity contribution in [3.05, 3.63) is 0 Å². The van der Waals surface area contributed by atoms with Crippen molar-refractivity contribution >= 4 is 8.56 Å². The molecule has 0 fully saturated rings. The summed E-state index contributed by atoms with van der Waals surface area (Å²) in [5, 5.41) is 0. The lowest BCUT2D eigenvalue weighted by Crippen LogP contribution is -2.76. The summed E-state index contributed by atoms with van der Waals surface area (Å²) in [6.45, 7) is 0.766. The Hall–Kier alpha value is -1.33. The molecule has 2 nitrogen and oxygen atoms in total. The molecule has 0 N–H and O–H groups in total. The molecule has 0 aliphatic heterocycles. The number of hydrogen-bond donors (Lipinski definition) is 0. The van der Waals surface area contributed by atoms with E-state index in [1.54, 1.807) is 0 Å². The number of halogens is 21. The van der Waals surface area contributed by atoms with Crippen LogP contribution in [0.15, 0.2) is 0 Å². The molecule has 39 heavy (non-hydrogen) atoms. The van der Waals surface area contributed by atoms with Crippen LogP contribution in [0.25, 0.3) is 0 Å². The molecule has 0 rings (SSSR count). The second kappa shape index (κ2) is 9.89. The highest BCUT2D eigenvalue weighted by atomic mass is 28.4. The fraction of sp³-hybridized carbons (Fsp3) is 1.00. The predicted molar refractivity (Wildman–Crippen MR) is 85.6 cm³/mol. The van der Waals surface area contributed by atoms with Gasteiger partial charge in [-0.15, -0.1) is 0 Å². The van der Waals surface area contributed by atoms with E-state index in [1.807, 2.05) is 0 Å². The van der Waals surface area contributed by atoms with E-state index in [0.29, 0.717) is 14.2 Å².